The number of para-hydroxylation sites is 1. The molecule has 1 fully saturated rings. The molecule has 1 amide bonds. The molecule has 1 aromatic rings. The van der Waals surface area contributed by atoms with Gasteiger partial charge < -0.3 is 4.74 Å². The minimum atomic E-state index is -0.551. The van der Waals surface area contributed by atoms with Crippen molar-refractivity contribution in [1.82, 2.24) is 0 Å². The van der Waals surface area contributed by atoms with Crippen LogP contribution in [0.5, 0.6) is 0 Å². The first-order valence-electron chi connectivity index (χ1n) is 6.24. The number of aryl methyl sites for hydroxylation is 2. The Morgan fingerprint density at radius 2 is 2.05 bits per heavy atom. The Bertz CT molecular complexity index is 516. The molecule has 0 spiro atoms. The summed E-state index contributed by atoms with van der Waals surface area (Å²) in [4.78, 5) is 25.4. The molecule has 2 rings (SSSR count). The smallest absolute Gasteiger partial charge is 0.329 e. The Balaban J connectivity index is 2.52. The summed E-state index contributed by atoms with van der Waals surface area (Å²) in [5.41, 5.74) is 2.68. The van der Waals surface area contributed by atoms with Crippen LogP contribution >= 0.6 is 0 Å². The minimum absolute atomic E-state index is 0.277. The molecule has 0 aromatic heterocycles. The number of carbonyl (C=O) groups excluding carboxylic acids is 2. The van der Waals surface area contributed by atoms with E-state index in [1.165, 1.54) is 11.0 Å². The maximum atomic E-state index is 12.1. The molecule has 4 heteroatoms. The Morgan fingerprint density at radius 1 is 1.42 bits per heavy atom. The van der Waals surface area contributed by atoms with Crippen molar-refractivity contribution in [3.8, 4) is 0 Å². The van der Waals surface area contributed by atoms with Crippen molar-refractivity contribution in [3.05, 3.63) is 42.0 Å². The van der Waals surface area contributed by atoms with Gasteiger partial charge in [-0.2, -0.15) is 0 Å². The molecule has 1 aliphatic rings. The zero-order chi connectivity index (χ0) is 14.0. The molecule has 0 radical (unpaired) electrons. The molecular formula is C15H17NO3. The van der Waals surface area contributed by atoms with E-state index in [1.54, 1.807) is 0 Å². The van der Waals surface area contributed by atoms with Crippen LogP contribution in [0.1, 0.15) is 17.5 Å². The lowest BCUT2D eigenvalue weighted by atomic mass is 10.0. The Kier molecular flexibility index (Phi) is 3.69. The second-order valence-corrected chi connectivity index (χ2v) is 4.62. The number of ether oxygens (including phenoxy) is 1. The minimum Gasteiger partial charge on any atom is -0.464 e. The van der Waals surface area contributed by atoms with Crippen molar-refractivity contribution in [2.45, 2.75) is 26.3 Å². The van der Waals surface area contributed by atoms with Crippen LogP contribution in [-0.2, 0) is 14.3 Å². The number of anilines is 1. The third-order valence-electron chi connectivity index (χ3n) is 3.31. The molecule has 0 N–H and O–H groups in total. The fourth-order valence-corrected chi connectivity index (χ4v) is 2.42. The van der Waals surface area contributed by atoms with Crippen LogP contribution < -0.4 is 4.90 Å². The summed E-state index contributed by atoms with van der Waals surface area (Å²) >= 11 is 0. The molecular weight excluding hydrogens is 242 g/mol. The van der Waals surface area contributed by atoms with Gasteiger partial charge in [-0.05, 0) is 31.1 Å². The molecule has 1 atom stereocenters. The zero-order valence-electron chi connectivity index (χ0n) is 11.2. The van der Waals surface area contributed by atoms with Gasteiger partial charge in [0.15, 0.2) is 0 Å². The zero-order valence-corrected chi connectivity index (χ0v) is 11.2. The third kappa shape index (κ3) is 2.38. The summed E-state index contributed by atoms with van der Waals surface area (Å²) in [7, 11) is 0. The molecule has 1 saturated heterocycles. The van der Waals surface area contributed by atoms with E-state index in [0.717, 1.165) is 16.8 Å². The van der Waals surface area contributed by atoms with Crippen LogP contribution in [0.3, 0.4) is 0 Å². The van der Waals surface area contributed by atoms with Crippen molar-refractivity contribution in [2.24, 2.45) is 0 Å². The molecule has 1 unspecified atom stereocenters. The van der Waals surface area contributed by atoms with E-state index in [2.05, 4.69) is 6.58 Å². The van der Waals surface area contributed by atoms with Crippen LogP contribution in [0.15, 0.2) is 30.9 Å². The molecule has 1 aromatic carbocycles. The second kappa shape index (κ2) is 5.26. The molecule has 0 bridgehead atoms. The Labute approximate surface area is 112 Å². The van der Waals surface area contributed by atoms with Crippen molar-refractivity contribution < 1.29 is 14.3 Å². The summed E-state index contributed by atoms with van der Waals surface area (Å²) in [6.07, 6.45) is 1.75. The van der Waals surface area contributed by atoms with Gasteiger partial charge in [-0.25, -0.2) is 4.79 Å². The summed E-state index contributed by atoms with van der Waals surface area (Å²) in [5, 5.41) is 0. The fraction of sp³-hybridized carbons (Fsp3) is 0.333. The van der Waals surface area contributed by atoms with Gasteiger partial charge >= 0.3 is 5.97 Å². The molecule has 100 valence electrons. The Morgan fingerprint density at radius 3 is 2.53 bits per heavy atom. The van der Waals surface area contributed by atoms with Crippen molar-refractivity contribution in [1.29, 1.82) is 0 Å². The first-order chi connectivity index (χ1) is 9.06. The van der Waals surface area contributed by atoms with E-state index < -0.39 is 6.04 Å². The van der Waals surface area contributed by atoms with Crippen LogP contribution in [0.4, 0.5) is 5.69 Å². The van der Waals surface area contributed by atoms with Gasteiger partial charge in [-0.3, -0.25) is 9.69 Å². The first-order valence-corrected chi connectivity index (χ1v) is 6.24. The van der Waals surface area contributed by atoms with Crippen molar-refractivity contribution in [2.75, 3.05) is 11.5 Å². The average molecular weight is 259 g/mol. The third-order valence-corrected chi connectivity index (χ3v) is 3.31. The standard InChI is InChI=1S/C15H17NO3/c1-4-13(17)16(12-8-9-19-15(12)18)14-10(2)6-5-7-11(14)3/h4-7,12H,1,8-9H2,2-3H3. The molecule has 1 aliphatic heterocycles. The normalized spacial score (nSPS) is 18.0. The summed E-state index contributed by atoms with van der Waals surface area (Å²) in [6.45, 7) is 7.72. The number of benzene rings is 1. The fourth-order valence-electron chi connectivity index (χ4n) is 2.42. The molecule has 0 saturated carbocycles. The monoisotopic (exact) mass is 259 g/mol. The second-order valence-electron chi connectivity index (χ2n) is 4.62. The average Bonchev–Trinajstić information content (AvgIpc) is 2.79. The number of carbonyl (C=O) groups is 2. The number of nitrogens with zero attached hydrogens (tertiary/aromatic N) is 1. The lowest BCUT2D eigenvalue weighted by Gasteiger charge is -2.28. The first kappa shape index (κ1) is 13.3. The molecule has 19 heavy (non-hydrogen) atoms. The summed E-state index contributed by atoms with van der Waals surface area (Å²) in [6, 6.07) is 5.22. The largest absolute Gasteiger partial charge is 0.464 e. The van der Waals surface area contributed by atoms with Gasteiger partial charge in [-0.15, -0.1) is 0 Å². The lowest BCUT2D eigenvalue weighted by molar-refractivity contribution is -0.139. The number of rotatable bonds is 3. The van der Waals surface area contributed by atoms with E-state index >= 15 is 0 Å². The van der Waals surface area contributed by atoms with Gasteiger partial charge in [-0.1, -0.05) is 24.8 Å². The highest BCUT2D eigenvalue weighted by atomic mass is 16.5. The molecule has 4 nitrogen and oxygen atoms in total. The maximum Gasteiger partial charge on any atom is 0.329 e. The van der Waals surface area contributed by atoms with E-state index in [4.69, 9.17) is 4.74 Å². The van der Waals surface area contributed by atoms with E-state index in [0.29, 0.717) is 13.0 Å². The number of esters is 1. The number of hydrogen-bond acceptors (Lipinski definition) is 3. The lowest BCUT2D eigenvalue weighted by Crippen LogP contribution is -2.43. The maximum absolute atomic E-state index is 12.1. The number of cyclic esters (lactones) is 1. The molecule has 1 heterocycles. The highest BCUT2D eigenvalue weighted by Crippen LogP contribution is 2.29. The highest BCUT2D eigenvalue weighted by molar-refractivity contribution is 6.06. The quantitative estimate of drug-likeness (QED) is 0.617. The van der Waals surface area contributed by atoms with E-state index in [-0.39, 0.29) is 11.9 Å². The number of amides is 1. The van der Waals surface area contributed by atoms with Gasteiger partial charge in [0, 0.05) is 6.42 Å². The predicted molar refractivity (Wildman–Crippen MR) is 73.0 cm³/mol. The van der Waals surface area contributed by atoms with Crippen LogP contribution in [0.2, 0.25) is 0 Å². The van der Waals surface area contributed by atoms with Gasteiger partial charge in [0.1, 0.15) is 6.04 Å². The predicted octanol–water partition coefficient (Wildman–Crippen LogP) is 2.14. The SMILES string of the molecule is C=CC(=O)N(c1c(C)cccc1C)C1CCOC1=O. The van der Waals surface area contributed by atoms with E-state index in [1.807, 2.05) is 32.0 Å². The molecule has 0 aliphatic carbocycles. The van der Waals surface area contributed by atoms with Gasteiger partial charge in [0.25, 0.3) is 5.91 Å². The summed E-state index contributed by atoms with van der Waals surface area (Å²) < 4.78 is 4.98. The highest BCUT2D eigenvalue weighted by Gasteiger charge is 2.36. The summed E-state index contributed by atoms with van der Waals surface area (Å²) in [5.74, 6) is -0.626. The van der Waals surface area contributed by atoms with Crippen LogP contribution in [-0.4, -0.2) is 24.5 Å². The van der Waals surface area contributed by atoms with Crippen molar-refractivity contribution in [3.63, 3.8) is 0 Å². The number of hydrogen-bond donors (Lipinski definition) is 0. The van der Waals surface area contributed by atoms with E-state index in [9.17, 15) is 9.59 Å². The van der Waals surface area contributed by atoms with Gasteiger partial charge in [0.05, 0.1) is 12.3 Å². The van der Waals surface area contributed by atoms with Crippen LogP contribution in [0.25, 0.3) is 0 Å². The van der Waals surface area contributed by atoms with Gasteiger partial charge in [0.2, 0.25) is 0 Å². The topological polar surface area (TPSA) is 46.6 Å². The Hall–Kier alpha value is -2.10. The van der Waals surface area contributed by atoms with Crippen LogP contribution in [0, 0.1) is 13.8 Å². The van der Waals surface area contributed by atoms with Crippen molar-refractivity contribution >= 4 is 17.6 Å².